The van der Waals surface area contributed by atoms with Crippen LogP contribution in [0, 0.1) is 0 Å². The number of aryl methyl sites for hydroxylation is 2. The first kappa shape index (κ1) is 7.13. The average Bonchev–Trinajstić information content (AvgIpc) is 1.92. The third-order valence-electron chi connectivity index (χ3n) is 2.09. The van der Waals surface area contributed by atoms with E-state index in [0.717, 1.165) is 0 Å². The summed E-state index contributed by atoms with van der Waals surface area (Å²) in [5.74, 6) is 0. The maximum absolute atomic E-state index is 3.58. The molecule has 0 saturated carbocycles. The van der Waals surface area contributed by atoms with Crippen LogP contribution >= 0.6 is 12.9 Å². The largest absolute Gasteiger partial charge is 0.506 e. The molecule has 0 aliphatic heterocycles. The quantitative estimate of drug-likeness (QED) is 0.611. The van der Waals surface area contributed by atoms with Gasteiger partial charge < -0.3 is 0 Å². The molecular weight excluding hydrogens is 200 g/mol. The van der Waals surface area contributed by atoms with Crippen molar-refractivity contribution in [1.29, 1.82) is 0 Å². The van der Waals surface area contributed by atoms with Gasteiger partial charge in [-0.15, -0.1) is 0 Å². The third-order valence-corrected chi connectivity index (χ3v) is 4.78. The number of halogens is 1. The smallest absolute Gasteiger partial charge is 0.296 e. The molecule has 0 nitrogen and oxygen atoms in total. The second-order valence-electron chi connectivity index (χ2n) is 2.74. The molecule has 2 rings (SSSR count). The second kappa shape index (κ2) is 2.84. The van der Waals surface area contributed by atoms with Crippen molar-refractivity contribution in [3.63, 3.8) is 0 Å². The number of benzene rings is 1. The van der Waals surface area contributed by atoms with E-state index in [0.29, 0.717) is 0 Å². The lowest BCUT2D eigenvalue weighted by Crippen LogP contribution is -2.16. The summed E-state index contributed by atoms with van der Waals surface area (Å²) in [5.41, 5.74) is 3.16. The van der Waals surface area contributed by atoms with Crippen LogP contribution in [0.5, 0.6) is 0 Å². The van der Waals surface area contributed by atoms with E-state index in [2.05, 4.69) is 31.1 Å². The Labute approximate surface area is 76.6 Å². The highest BCUT2D eigenvalue weighted by molar-refractivity contribution is 9.23. The molecule has 0 saturated heterocycles. The van der Waals surface area contributed by atoms with Gasteiger partial charge in [-0.1, -0.05) is 18.2 Å². The third kappa shape index (κ3) is 1.13. The van der Waals surface area contributed by atoms with Gasteiger partial charge in [-0.05, 0) is 24.0 Å². The van der Waals surface area contributed by atoms with E-state index < -0.39 is 0 Å². The Hall–Kier alpha value is 0.466. The molecule has 0 amide bonds. The molecular formula is C8H7BrMg. The van der Waals surface area contributed by atoms with E-state index in [-0.39, 0.29) is 18.2 Å². The Bertz CT molecular complexity index is 257. The maximum Gasteiger partial charge on any atom is 0.506 e. The Morgan fingerprint density at radius 2 is 2.00 bits per heavy atom. The van der Waals surface area contributed by atoms with Crippen molar-refractivity contribution < 1.29 is 0 Å². The zero-order chi connectivity index (χ0) is 6.97. The predicted octanol–water partition coefficient (Wildman–Crippen LogP) is 1.42. The van der Waals surface area contributed by atoms with Crippen LogP contribution in [0.2, 0.25) is 0 Å². The molecule has 0 radical (unpaired) electrons. The molecule has 0 aromatic heterocycles. The molecule has 0 heterocycles. The van der Waals surface area contributed by atoms with E-state index in [1.54, 1.807) is 14.8 Å². The van der Waals surface area contributed by atoms with Crippen molar-refractivity contribution in [2.45, 2.75) is 12.8 Å². The molecule has 2 heteroatoms. The zero-order valence-corrected chi connectivity index (χ0v) is 8.73. The highest BCUT2D eigenvalue weighted by Gasteiger charge is 2.11. The molecule has 1 aliphatic rings. The summed E-state index contributed by atoms with van der Waals surface area (Å²) in [6.45, 7) is 0. The minimum absolute atomic E-state index is 0.0997. The first-order valence-corrected chi connectivity index (χ1v) is 8.17. The Kier molecular flexibility index (Phi) is 2.02. The standard InChI is InChI=1S/C8H7.BrH.Mg/c1-2-4-8-6-5-7(8)3-1;;/h1,3-4H,5-6H2;1H;/q;;+1/p-1. The minimum Gasteiger partial charge on any atom is -0.296 e. The van der Waals surface area contributed by atoms with Gasteiger partial charge in [0, 0.05) is 0 Å². The summed E-state index contributed by atoms with van der Waals surface area (Å²) in [6, 6.07) is 6.90. The molecule has 10 heavy (non-hydrogen) atoms. The molecule has 0 atom stereocenters. The Balaban J connectivity index is 2.42. The van der Waals surface area contributed by atoms with Crippen molar-refractivity contribution in [3.8, 4) is 0 Å². The van der Waals surface area contributed by atoms with Crippen molar-refractivity contribution in [3.05, 3.63) is 29.3 Å². The van der Waals surface area contributed by atoms with Gasteiger partial charge in [0.2, 0.25) is 0 Å². The topological polar surface area (TPSA) is 0 Å². The SMILES string of the molecule is [Br][Mg][c]1ccc2c(c1)CC2. The van der Waals surface area contributed by atoms with Gasteiger partial charge >= 0.3 is 18.2 Å². The maximum atomic E-state index is 3.58. The lowest BCUT2D eigenvalue weighted by Gasteiger charge is -2.18. The molecule has 0 spiro atoms. The van der Waals surface area contributed by atoms with Crippen LogP contribution in [-0.4, -0.2) is 18.2 Å². The fourth-order valence-corrected chi connectivity index (χ4v) is 2.91. The van der Waals surface area contributed by atoms with Gasteiger partial charge in [-0.25, -0.2) is 0 Å². The van der Waals surface area contributed by atoms with Crippen LogP contribution in [0.15, 0.2) is 18.2 Å². The van der Waals surface area contributed by atoms with Crippen LogP contribution in [0.25, 0.3) is 0 Å². The molecule has 0 fully saturated rings. The molecule has 0 N–H and O–H groups in total. The summed E-state index contributed by atoms with van der Waals surface area (Å²) in [7, 11) is 0. The van der Waals surface area contributed by atoms with Crippen LogP contribution in [0.3, 0.4) is 0 Å². The van der Waals surface area contributed by atoms with Gasteiger partial charge in [-0.3, -0.25) is 12.9 Å². The van der Waals surface area contributed by atoms with E-state index in [1.807, 2.05) is 0 Å². The first-order chi connectivity index (χ1) is 4.90. The lowest BCUT2D eigenvalue weighted by molar-refractivity contribution is 0.841. The van der Waals surface area contributed by atoms with Crippen molar-refractivity contribution in [1.82, 2.24) is 0 Å². The monoisotopic (exact) mass is 206 g/mol. The molecule has 1 aromatic carbocycles. The van der Waals surface area contributed by atoms with Crippen molar-refractivity contribution in [2.24, 2.45) is 0 Å². The van der Waals surface area contributed by atoms with Gasteiger partial charge in [0.1, 0.15) is 0 Å². The fraction of sp³-hybridized carbons (Fsp3) is 0.250. The molecule has 1 aliphatic carbocycles. The first-order valence-electron chi connectivity index (χ1n) is 3.57. The minimum atomic E-state index is -0.0997. The summed E-state index contributed by atoms with van der Waals surface area (Å²) in [4.78, 5) is 0. The molecule has 1 aromatic rings. The average molecular weight is 207 g/mol. The van der Waals surface area contributed by atoms with Crippen molar-refractivity contribution >= 4 is 34.8 Å². The van der Waals surface area contributed by atoms with Gasteiger partial charge in [0.25, 0.3) is 0 Å². The molecule has 0 bridgehead atoms. The highest BCUT2D eigenvalue weighted by atomic mass is 79.9. The summed E-state index contributed by atoms with van der Waals surface area (Å²) in [5, 5.41) is 0. The normalized spacial score (nSPS) is 13.3. The fourth-order valence-electron chi connectivity index (χ4n) is 1.33. The number of hydrogen-bond donors (Lipinski definition) is 0. The van der Waals surface area contributed by atoms with E-state index in [4.69, 9.17) is 0 Å². The van der Waals surface area contributed by atoms with Crippen LogP contribution < -0.4 is 3.69 Å². The molecule has 48 valence electrons. The van der Waals surface area contributed by atoms with E-state index >= 15 is 0 Å². The highest BCUT2D eigenvalue weighted by Crippen LogP contribution is 2.20. The number of hydrogen-bond acceptors (Lipinski definition) is 0. The Morgan fingerprint density at radius 1 is 1.20 bits per heavy atom. The molecule has 0 unspecified atom stereocenters. The Morgan fingerprint density at radius 3 is 2.50 bits per heavy atom. The van der Waals surface area contributed by atoms with E-state index in [9.17, 15) is 0 Å². The van der Waals surface area contributed by atoms with Crippen LogP contribution in [0.4, 0.5) is 0 Å². The van der Waals surface area contributed by atoms with E-state index in [1.165, 1.54) is 12.8 Å². The van der Waals surface area contributed by atoms with Crippen molar-refractivity contribution in [2.75, 3.05) is 0 Å². The van der Waals surface area contributed by atoms with Crippen LogP contribution in [0.1, 0.15) is 11.1 Å². The summed E-state index contributed by atoms with van der Waals surface area (Å²) >= 11 is 3.48. The van der Waals surface area contributed by atoms with Gasteiger partial charge in [0.15, 0.2) is 0 Å². The number of fused-ring (bicyclic) bond motifs is 1. The lowest BCUT2D eigenvalue weighted by atomic mass is 9.89. The zero-order valence-electron chi connectivity index (χ0n) is 5.73. The van der Waals surface area contributed by atoms with Gasteiger partial charge in [0.05, 0.1) is 0 Å². The van der Waals surface area contributed by atoms with Gasteiger partial charge in [-0.2, -0.15) is 3.69 Å². The van der Waals surface area contributed by atoms with Crippen LogP contribution in [-0.2, 0) is 12.8 Å². The second-order valence-corrected chi connectivity index (χ2v) is 5.50. The predicted molar refractivity (Wildman–Crippen MR) is 48.2 cm³/mol. The summed E-state index contributed by atoms with van der Waals surface area (Å²) < 4.78 is 1.54. The summed E-state index contributed by atoms with van der Waals surface area (Å²) in [6.07, 6.45) is 2.62. The number of rotatable bonds is 1.